The van der Waals surface area contributed by atoms with E-state index in [4.69, 9.17) is 34.8 Å². The fourth-order valence-corrected chi connectivity index (χ4v) is 4.25. The summed E-state index contributed by atoms with van der Waals surface area (Å²) in [4.78, 5) is 28.4. The van der Waals surface area contributed by atoms with E-state index in [0.29, 0.717) is 31.9 Å². The molecule has 146 valence electrons. The van der Waals surface area contributed by atoms with Crippen LogP contribution in [0, 0.1) is 6.92 Å². The largest absolute Gasteiger partial charge is 0.350 e. The number of nitrogens with one attached hydrogen (secondary N) is 1. The number of hydrogen-bond donors (Lipinski definition) is 1. The Labute approximate surface area is 186 Å². The molecule has 4 rings (SSSR count). The molecule has 0 atom stereocenters. The van der Waals surface area contributed by atoms with Crippen molar-refractivity contribution in [3.63, 3.8) is 0 Å². The Bertz CT molecular complexity index is 1170. The maximum absolute atomic E-state index is 13.3. The van der Waals surface area contributed by atoms with Crippen molar-refractivity contribution >= 4 is 74.9 Å². The number of benzene rings is 2. The second kappa shape index (κ2) is 7.84. The molecule has 2 heterocycles. The van der Waals surface area contributed by atoms with Gasteiger partial charge in [0.25, 0.3) is 11.8 Å². The van der Waals surface area contributed by atoms with Crippen LogP contribution in [0.4, 0.5) is 11.4 Å². The molecule has 0 saturated carbocycles. The number of aryl methyl sites for hydroxylation is 1. The van der Waals surface area contributed by atoms with Crippen molar-refractivity contribution in [1.29, 1.82) is 0 Å². The average Bonchev–Trinajstić information content (AvgIpc) is 3.28. The highest BCUT2D eigenvalue weighted by atomic mass is 35.5. The molecule has 0 saturated heterocycles. The van der Waals surface area contributed by atoms with Gasteiger partial charge in [-0.25, -0.2) is 4.90 Å². The Morgan fingerprint density at radius 3 is 2.41 bits per heavy atom. The predicted octanol–water partition coefficient (Wildman–Crippen LogP) is 6.41. The van der Waals surface area contributed by atoms with E-state index in [-0.39, 0.29) is 10.7 Å². The lowest BCUT2D eigenvalue weighted by molar-refractivity contribution is -0.120. The van der Waals surface area contributed by atoms with Crippen molar-refractivity contribution < 1.29 is 9.59 Å². The van der Waals surface area contributed by atoms with Crippen molar-refractivity contribution in [2.45, 2.75) is 6.92 Å². The Kier molecular flexibility index (Phi) is 5.40. The monoisotopic (exact) mass is 462 g/mol. The summed E-state index contributed by atoms with van der Waals surface area (Å²) in [6, 6.07) is 13.6. The summed E-state index contributed by atoms with van der Waals surface area (Å²) >= 11 is 19.6. The highest BCUT2D eigenvalue weighted by Gasteiger charge is 2.41. The normalized spacial score (nSPS) is 14.1. The number of carbonyl (C=O) groups excluding carboxylic acids is 2. The zero-order valence-electron chi connectivity index (χ0n) is 15.0. The number of carbonyl (C=O) groups is 2. The van der Waals surface area contributed by atoms with Crippen LogP contribution in [-0.4, -0.2) is 11.8 Å². The number of halogens is 3. The summed E-state index contributed by atoms with van der Waals surface area (Å²) in [7, 11) is 0. The molecule has 1 aliphatic rings. The molecule has 0 unspecified atom stereocenters. The summed E-state index contributed by atoms with van der Waals surface area (Å²) in [6.45, 7) is 1.89. The Hall–Kier alpha value is -2.31. The van der Waals surface area contributed by atoms with Gasteiger partial charge in [0.05, 0.1) is 21.3 Å². The van der Waals surface area contributed by atoms with Gasteiger partial charge in [-0.1, -0.05) is 46.9 Å². The molecule has 4 nitrogen and oxygen atoms in total. The summed E-state index contributed by atoms with van der Waals surface area (Å²) in [6.07, 6.45) is 0. The van der Waals surface area contributed by atoms with Crippen LogP contribution in [0.2, 0.25) is 15.1 Å². The van der Waals surface area contributed by atoms with Crippen molar-refractivity contribution in [3.8, 4) is 0 Å². The SMILES string of the molecule is Cc1ccc(Cl)cc1NC1=C(c2cccs2)C(=O)N(c2ccc(Cl)c(Cl)c2)C1=O. The first-order valence-electron chi connectivity index (χ1n) is 8.52. The topological polar surface area (TPSA) is 49.4 Å². The van der Waals surface area contributed by atoms with E-state index in [2.05, 4.69) is 5.32 Å². The lowest BCUT2D eigenvalue weighted by Crippen LogP contribution is -2.32. The third-order valence-corrected chi connectivity index (χ3v) is 6.33. The molecule has 0 aliphatic carbocycles. The fourth-order valence-electron chi connectivity index (χ4n) is 3.02. The zero-order valence-corrected chi connectivity index (χ0v) is 18.1. The fraction of sp³-hybridized carbons (Fsp3) is 0.0476. The number of imide groups is 1. The van der Waals surface area contributed by atoms with Gasteiger partial charge in [0.1, 0.15) is 5.70 Å². The third-order valence-electron chi connectivity index (χ3n) is 4.47. The average molecular weight is 464 g/mol. The minimum absolute atomic E-state index is 0.189. The standard InChI is InChI=1S/C21H13Cl3N2O2S/c1-11-4-5-12(22)9-16(11)25-19-18(17-3-2-8-29-17)20(27)26(21(19)28)13-6-7-14(23)15(24)10-13/h2-10,25H,1H3. The maximum Gasteiger partial charge on any atom is 0.282 e. The van der Waals surface area contributed by atoms with Crippen LogP contribution in [0.3, 0.4) is 0 Å². The van der Waals surface area contributed by atoms with Gasteiger partial charge in [-0.05, 0) is 54.3 Å². The summed E-state index contributed by atoms with van der Waals surface area (Å²) < 4.78 is 0. The second-order valence-corrected chi connectivity index (χ2v) is 8.55. The maximum atomic E-state index is 13.3. The molecule has 29 heavy (non-hydrogen) atoms. The molecule has 8 heteroatoms. The van der Waals surface area contributed by atoms with Crippen LogP contribution in [0.5, 0.6) is 0 Å². The van der Waals surface area contributed by atoms with Gasteiger partial charge in [0, 0.05) is 15.6 Å². The van der Waals surface area contributed by atoms with Crippen LogP contribution >= 0.6 is 46.1 Å². The third kappa shape index (κ3) is 3.67. The lowest BCUT2D eigenvalue weighted by Gasteiger charge is -2.16. The van der Waals surface area contributed by atoms with Gasteiger partial charge in [-0.2, -0.15) is 0 Å². The van der Waals surface area contributed by atoms with E-state index in [9.17, 15) is 9.59 Å². The molecule has 2 amide bonds. The molecule has 3 aromatic rings. The molecule has 1 aromatic heterocycles. The van der Waals surface area contributed by atoms with Crippen LogP contribution < -0.4 is 10.2 Å². The highest BCUT2D eigenvalue weighted by molar-refractivity contribution is 7.11. The second-order valence-electron chi connectivity index (χ2n) is 6.36. The van der Waals surface area contributed by atoms with E-state index in [1.54, 1.807) is 30.3 Å². The number of rotatable bonds is 4. The van der Waals surface area contributed by atoms with Crippen molar-refractivity contribution in [3.05, 3.63) is 85.1 Å². The molecule has 0 bridgehead atoms. The number of hydrogen-bond acceptors (Lipinski definition) is 4. The smallest absolute Gasteiger partial charge is 0.282 e. The van der Waals surface area contributed by atoms with Crippen LogP contribution in [0.25, 0.3) is 5.57 Å². The van der Waals surface area contributed by atoms with Gasteiger partial charge in [0.15, 0.2) is 0 Å². The highest BCUT2D eigenvalue weighted by Crippen LogP contribution is 2.37. The molecule has 0 spiro atoms. The van der Waals surface area contributed by atoms with Gasteiger partial charge in [-0.3, -0.25) is 9.59 Å². The number of nitrogens with zero attached hydrogens (tertiary/aromatic N) is 1. The van der Waals surface area contributed by atoms with Gasteiger partial charge in [0.2, 0.25) is 0 Å². The predicted molar refractivity (Wildman–Crippen MR) is 120 cm³/mol. The molecular formula is C21H13Cl3N2O2S. The molecule has 1 N–H and O–H groups in total. The molecule has 0 radical (unpaired) electrons. The van der Waals surface area contributed by atoms with Crippen LogP contribution in [-0.2, 0) is 9.59 Å². The van der Waals surface area contributed by atoms with Gasteiger partial charge >= 0.3 is 0 Å². The summed E-state index contributed by atoms with van der Waals surface area (Å²) in [5.41, 5.74) is 2.38. The van der Waals surface area contributed by atoms with Crippen molar-refractivity contribution in [1.82, 2.24) is 0 Å². The zero-order chi connectivity index (χ0) is 20.7. The van der Waals surface area contributed by atoms with Crippen molar-refractivity contribution in [2.75, 3.05) is 10.2 Å². The van der Waals surface area contributed by atoms with E-state index in [1.807, 2.05) is 24.4 Å². The van der Waals surface area contributed by atoms with E-state index in [0.717, 1.165) is 10.5 Å². The Morgan fingerprint density at radius 2 is 1.72 bits per heavy atom. The minimum Gasteiger partial charge on any atom is -0.350 e. The minimum atomic E-state index is -0.476. The molecular weight excluding hydrogens is 451 g/mol. The number of amides is 2. The van der Waals surface area contributed by atoms with E-state index in [1.165, 1.54) is 17.4 Å². The first-order valence-corrected chi connectivity index (χ1v) is 10.5. The first-order chi connectivity index (χ1) is 13.9. The molecule has 1 aliphatic heterocycles. The Balaban J connectivity index is 1.82. The first kappa shape index (κ1) is 20.0. The molecule has 0 fully saturated rings. The Morgan fingerprint density at radius 1 is 0.931 bits per heavy atom. The van der Waals surface area contributed by atoms with Crippen LogP contribution in [0.15, 0.2) is 59.6 Å². The van der Waals surface area contributed by atoms with E-state index >= 15 is 0 Å². The van der Waals surface area contributed by atoms with Crippen molar-refractivity contribution in [2.24, 2.45) is 0 Å². The molecule has 2 aromatic carbocycles. The number of thiophene rings is 1. The quantitative estimate of drug-likeness (QED) is 0.455. The summed E-state index contributed by atoms with van der Waals surface area (Å²) in [5, 5.41) is 6.10. The van der Waals surface area contributed by atoms with Crippen LogP contribution in [0.1, 0.15) is 10.4 Å². The van der Waals surface area contributed by atoms with E-state index < -0.39 is 11.8 Å². The summed E-state index contributed by atoms with van der Waals surface area (Å²) in [5.74, 6) is -0.908. The number of anilines is 2. The lowest BCUT2D eigenvalue weighted by atomic mass is 10.1. The van der Waals surface area contributed by atoms with Gasteiger partial charge < -0.3 is 5.32 Å². The van der Waals surface area contributed by atoms with Gasteiger partial charge in [-0.15, -0.1) is 11.3 Å².